The van der Waals surface area contributed by atoms with Crippen molar-refractivity contribution in [2.24, 2.45) is 0 Å². The lowest BCUT2D eigenvalue weighted by Gasteiger charge is -2.19. The Morgan fingerprint density at radius 2 is 2.00 bits per heavy atom. The summed E-state index contributed by atoms with van der Waals surface area (Å²) < 4.78 is 13.5. The fourth-order valence-electron chi connectivity index (χ4n) is 3.14. The number of carbonyl (C=O) groups excluding carboxylic acids is 1. The van der Waals surface area contributed by atoms with Crippen molar-refractivity contribution < 1.29 is 9.18 Å². The van der Waals surface area contributed by atoms with E-state index in [1.807, 2.05) is 0 Å². The highest BCUT2D eigenvalue weighted by molar-refractivity contribution is 7.11. The molecular weight excluding hydrogens is 417 g/mol. The van der Waals surface area contributed by atoms with Crippen molar-refractivity contribution in [3.05, 3.63) is 98.2 Å². The number of nitrogens with zero attached hydrogens (tertiary/aromatic N) is 3. The van der Waals surface area contributed by atoms with Gasteiger partial charge in [0, 0.05) is 18.7 Å². The van der Waals surface area contributed by atoms with Crippen LogP contribution in [0.25, 0.3) is 11.5 Å². The molecule has 0 aliphatic rings. The Balaban J connectivity index is 1.67. The van der Waals surface area contributed by atoms with Crippen LogP contribution >= 0.6 is 11.3 Å². The highest BCUT2D eigenvalue weighted by atomic mass is 32.1. The number of carbonyl (C=O) groups is 1. The van der Waals surface area contributed by atoms with Crippen LogP contribution in [0.1, 0.15) is 32.7 Å². The van der Waals surface area contributed by atoms with Crippen molar-refractivity contribution in [2.75, 3.05) is 0 Å². The van der Waals surface area contributed by atoms with E-state index < -0.39 is 6.04 Å². The summed E-state index contributed by atoms with van der Waals surface area (Å²) in [6.07, 6.45) is 1.85. The number of halogens is 1. The number of rotatable bonds is 6. The van der Waals surface area contributed by atoms with Crippen LogP contribution in [-0.2, 0) is 6.42 Å². The van der Waals surface area contributed by atoms with Gasteiger partial charge in [0.15, 0.2) is 5.82 Å². The predicted molar refractivity (Wildman–Crippen MR) is 115 cm³/mol. The maximum atomic E-state index is 13.5. The lowest BCUT2D eigenvalue weighted by Crippen LogP contribution is -2.30. The van der Waals surface area contributed by atoms with E-state index in [1.54, 1.807) is 49.0 Å². The summed E-state index contributed by atoms with van der Waals surface area (Å²) >= 11 is 1.24. The smallest absolute Gasteiger partial charge is 0.263 e. The van der Waals surface area contributed by atoms with Crippen LogP contribution in [0.5, 0.6) is 0 Å². The molecule has 0 aliphatic heterocycles. The number of aromatic amines is 1. The Morgan fingerprint density at radius 1 is 1.19 bits per heavy atom. The topological polar surface area (TPSA) is 101 Å². The molecule has 0 saturated heterocycles. The molecule has 3 heterocycles. The number of pyridine rings is 1. The molecule has 1 aromatic carbocycles. The second-order valence-electron chi connectivity index (χ2n) is 6.85. The SMILES string of the molecule is Cc1ncsc1C(=O)N[C@@H](Cc1cc(=O)[nH]c(-c2ccccn2)n1)c1ccc(F)cc1. The third kappa shape index (κ3) is 4.89. The molecule has 1 amide bonds. The molecule has 3 aromatic heterocycles. The first-order chi connectivity index (χ1) is 15.0. The predicted octanol–water partition coefficient (Wildman–Crippen LogP) is 3.45. The molecule has 7 nitrogen and oxygen atoms in total. The van der Waals surface area contributed by atoms with Gasteiger partial charge in [0.2, 0.25) is 0 Å². The Labute approximate surface area is 181 Å². The maximum absolute atomic E-state index is 13.5. The Bertz CT molecular complexity index is 1250. The van der Waals surface area contributed by atoms with E-state index in [0.717, 1.165) is 0 Å². The molecule has 0 unspecified atom stereocenters. The third-order valence-corrected chi connectivity index (χ3v) is 5.57. The van der Waals surface area contributed by atoms with Gasteiger partial charge in [0.25, 0.3) is 11.5 Å². The Hall–Kier alpha value is -3.72. The minimum Gasteiger partial charge on any atom is -0.344 e. The molecule has 2 N–H and O–H groups in total. The van der Waals surface area contributed by atoms with Gasteiger partial charge in [-0.2, -0.15) is 0 Å². The summed E-state index contributed by atoms with van der Waals surface area (Å²) in [6.45, 7) is 1.76. The zero-order valence-corrected chi connectivity index (χ0v) is 17.3. The van der Waals surface area contributed by atoms with E-state index in [9.17, 15) is 14.0 Å². The highest BCUT2D eigenvalue weighted by Crippen LogP contribution is 2.21. The van der Waals surface area contributed by atoms with Crippen molar-refractivity contribution in [3.8, 4) is 11.5 Å². The van der Waals surface area contributed by atoms with E-state index in [-0.39, 0.29) is 23.7 Å². The largest absolute Gasteiger partial charge is 0.344 e. The molecule has 4 rings (SSSR count). The monoisotopic (exact) mass is 435 g/mol. The standard InChI is InChI=1S/C22H18FN5O2S/c1-13-20(31-12-25-13)22(30)27-18(14-5-7-15(23)8-6-14)10-16-11-19(29)28-21(26-16)17-4-2-3-9-24-17/h2-9,11-12,18H,10H2,1H3,(H,27,30)(H,26,28,29)/t18-/m0/s1. The van der Waals surface area contributed by atoms with E-state index >= 15 is 0 Å². The van der Waals surface area contributed by atoms with Crippen molar-refractivity contribution in [1.82, 2.24) is 25.3 Å². The summed E-state index contributed by atoms with van der Waals surface area (Å²) in [5.41, 5.74) is 3.61. The Morgan fingerprint density at radius 3 is 2.68 bits per heavy atom. The van der Waals surface area contributed by atoms with Gasteiger partial charge in [-0.15, -0.1) is 11.3 Å². The van der Waals surface area contributed by atoms with Gasteiger partial charge < -0.3 is 10.3 Å². The number of benzene rings is 1. The normalized spacial score (nSPS) is 11.8. The molecular formula is C22H18FN5O2S. The van der Waals surface area contributed by atoms with E-state index in [2.05, 4.69) is 25.3 Å². The fraction of sp³-hybridized carbons (Fsp3) is 0.136. The lowest BCUT2D eigenvalue weighted by atomic mass is 10.0. The molecule has 156 valence electrons. The average molecular weight is 435 g/mol. The van der Waals surface area contributed by atoms with Gasteiger partial charge in [-0.3, -0.25) is 14.6 Å². The summed E-state index contributed by atoms with van der Waals surface area (Å²) in [6, 6.07) is 12.0. The fourth-order valence-corrected chi connectivity index (χ4v) is 3.84. The lowest BCUT2D eigenvalue weighted by molar-refractivity contribution is 0.0939. The van der Waals surface area contributed by atoms with Gasteiger partial charge in [0.05, 0.1) is 22.9 Å². The molecule has 9 heteroatoms. The number of nitrogens with one attached hydrogen (secondary N) is 2. The summed E-state index contributed by atoms with van der Waals surface area (Å²) in [4.78, 5) is 41.1. The van der Waals surface area contributed by atoms with E-state index in [1.165, 1.54) is 29.5 Å². The van der Waals surface area contributed by atoms with Crippen LogP contribution in [0.3, 0.4) is 0 Å². The quantitative estimate of drug-likeness (QED) is 0.483. The first-order valence-electron chi connectivity index (χ1n) is 9.47. The number of hydrogen-bond acceptors (Lipinski definition) is 6. The van der Waals surface area contributed by atoms with Gasteiger partial charge in [0.1, 0.15) is 16.4 Å². The second-order valence-corrected chi connectivity index (χ2v) is 7.70. The summed E-state index contributed by atoms with van der Waals surface area (Å²) in [5, 5.41) is 2.96. The minimum absolute atomic E-state index is 0.235. The number of hydrogen-bond donors (Lipinski definition) is 2. The Kier molecular flexibility index (Phi) is 5.94. The maximum Gasteiger partial charge on any atom is 0.263 e. The first-order valence-corrected chi connectivity index (χ1v) is 10.4. The molecule has 0 bridgehead atoms. The molecule has 1 atom stereocenters. The van der Waals surface area contributed by atoms with E-state index in [0.29, 0.717) is 33.3 Å². The van der Waals surface area contributed by atoms with Crippen LogP contribution in [0, 0.1) is 12.7 Å². The number of aromatic nitrogens is 4. The van der Waals surface area contributed by atoms with Crippen molar-refractivity contribution in [3.63, 3.8) is 0 Å². The van der Waals surface area contributed by atoms with Gasteiger partial charge in [-0.25, -0.2) is 14.4 Å². The molecule has 4 aromatic rings. The molecule has 0 aliphatic carbocycles. The van der Waals surface area contributed by atoms with Crippen molar-refractivity contribution >= 4 is 17.2 Å². The molecule has 0 spiro atoms. The first kappa shape index (κ1) is 20.5. The summed E-state index contributed by atoms with van der Waals surface area (Å²) in [7, 11) is 0. The number of thiazole rings is 1. The van der Waals surface area contributed by atoms with Crippen molar-refractivity contribution in [1.29, 1.82) is 0 Å². The molecule has 0 saturated carbocycles. The molecule has 0 fully saturated rings. The van der Waals surface area contributed by atoms with Crippen LogP contribution in [0.15, 0.2) is 65.0 Å². The second kappa shape index (κ2) is 8.97. The summed E-state index contributed by atoms with van der Waals surface area (Å²) in [5.74, 6) is -0.325. The number of H-pyrrole nitrogens is 1. The number of amides is 1. The zero-order valence-electron chi connectivity index (χ0n) is 16.5. The van der Waals surface area contributed by atoms with Crippen molar-refractivity contribution in [2.45, 2.75) is 19.4 Å². The van der Waals surface area contributed by atoms with Crippen LogP contribution in [0.4, 0.5) is 4.39 Å². The third-order valence-electron chi connectivity index (χ3n) is 4.64. The van der Waals surface area contributed by atoms with E-state index in [4.69, 9.17) is 0 Å². The average Bonchev–Trinajstić information content (AvgIpc) is 3.20. The minimum atomic E-state index is -0.527. The molecule has 31 heavy (non-hydrogen) atoms. The zero-order chi connectivity index (χ0) is 21.8. The highest BCUT2D eigenvalue weighted by Gasteiger charge is 2.20. The van der Waals surface area contributed by atoms with Crippen LogP contribution < -0.4 is 10.9 Å². The van der Waals surface area contributed by atoms with Crippen LogP contribution in [-0.4, -0.2) is 25.8 Å². The van der Waals surface area contributed by atoms with Gasteiger partial charge in [-0.1, -0.05) is 18.2 Å². The number of aryl methyl sites for hydroxylation is 1. The molecule has 0 radical (unpaired) electrons. The van der Waals surface area contributed by atoms with Gasteiger partial charge >= 0.3 is 0 Å². The van der Waals surface area contributed by atoms with Gasteiger partial charge in [-0.05, 0) is 36.8 Å². The van der Waals surface area contributed by atoms with Crippen LogP contribution in [0.2, 0.25) is 0 Å².